The quantitative estimate of drug-likeness (QED) is 0.296. The van der Waals surface area contributed by atoms with E-state index in [9.17, 15) is 18.0 Å². The van der Waals surface area contributed by atoms with Crippen LogP contribution in [0.3, 0.4) is 0 Å². The van der Waals surface area contributed by atoms with Gasteiger partial charge in [0, 0.05) is 23.6 Å². The fraction of sp³-hybridized carbons (Fsp3) is 0.333. The molecule has 0 aliphatic rings. The van der Waals surface area contributed by atoms with Crippen molar-refractivity contribution in [2.45, 2.75) is 51.3 Å². The molecule has 1 N–H and O–H groups in total. The Morgan fingerprint density at radius 2 is 1.81 bits per heavy atom. The van der Waals surface area contributed by atoms with Crippen molar-refractivity contribution in [1.82, 2.24) is 4.72 Å². The Bertz CT molecular complexity index is 1280. The molecule has 0 amide bonds. The van der Waals surface area contributed by atoms with Crippen molar-refractivity contribution < 1.29 is 22.4 Å². The third-order valence-electron chi connectivity index (χ3n) is 5.17. The molecule has 0 saturated heterocycles. The standard InChI is InChI=1S/C24H27NO6S/c1-4-5-6-18-15-23(27)31-24-17(3)21(12-11-20(18)24)30-22(26)13-14-25-32(28,29)19-9-7-16(2)8-10-19/h7-12,15,25H,4-6,13-14H2,1-3H3. The van der Waals surface area contributed by atoms with Gasteiger partial charge in [-0.05, 0) is 56.5 Å². The zero-order valence-electron chi connectivity index (χ0n) is 18.4. The van der Waals surface area contributed by atoms with Gasteiger partial charge in [-0.2, -0.15) is 0 Å². The van der Waals surface area contributed by atoms with E-state index in [-0.39, 0.29) is 23.6 Å². The van der Waals surface area contributed by atoms with E-state index in [1.54, 1.807) is 31.2 Å². The first-order chi connectivity index (χ1) is 15.2. The maximum absolute atomic E-state index is 12.3. The number of aryl methyl sites for hydroxylation is 3. The molecule has 0 spiro atoms. The molecule has 1 heterocycles. The molecule has 0 aliphatic carbocycles. The van der Waals surface area contributed by atoms with Crippen LogP contribution in [-0.4, -0.2) is 20.9 Å². The average molecular weight is 458 g/mol. The lowest BCUT2D eigenvalue weighted by Gasteiger charge is -2.12. The Hall–Kier alpha value is -2.97. The lowest BCUT2D eigenvalue weighted by molar-refractivity contribution is -0.134. The van der Waals surface area contributed by atoms with Gasteiger partial charge in [-0.25, -0.2) is 17.9 Å². The third-order valence-corrected chi connectivity index (χ3v) is 6.65. The Morgan fingerprint density at radius 3 is 2.50 bits per heavy atom. The lowest BCUT2D eigenvalue weighted by atomic mass is 10.0. The summed E-state index contributed by atoms with van der Waals surface area (Å²) in [6.45, 7) is 5.57. The van der Waals surface area contributed by atoms with E-state index in [4.69, 9.17) is 9.15 Å². The van der Waals surface area contributed by atoms with Gasteiger partial charge in [0.1, 0.15) is 11.3 Å². The maximum atomic E-state index is 12.3. The predicted octanol–water partition coefficient (Wildman–Crippen LogP) is 4.03. The Kier molecular flexibility index (Phi) is 7.48. The van der Waals surface area contributed by atoms with Crippen molar-refractivity contribution in [3.8, 4) is 5.75 Å². The number of carbonyl (C=O) groups is 1. The minimum Gasteiger partial charge on any atom is -0.426 e. The van der Waals surface area contributed by atoms with Crippen molar-refractivity contribution in [2.75, 3.05) is 6.54 Å². The van der Waals surface area contributed by atoms with Crippen molar-refractivity contribution in [3.05, 3.63) is 69.6 Å². The zero-order chi connectivity index (χ0) is 23.3. The molecular weight excluding hydrogens is 430 g/mol. The number of sulfonamides is 1. The number of esters is 1. The molecular formula is C24H27NO6S. The summed E-state index contributed by atoms with van der Waals surface area (Å²) in [5.41, 5.74) is 2.36. The highest BCUT2D eigenvalue weighted by Crippen LogP contribution is 2.29. The summed E-state index contributed by atoms with van der Waals surface area (Å²) in [5, 5.41) is 0.821. The molecule has 0 unspecified atom stereocenters. The van der Waals surface area contributed by atoms with Crippen LogP contribution in [0.5, 0.6) is 5.75 Å². The molecule has 3 aromatic rings. The summed E-state index contributed by atoms with van der Waals surface area (Å²) in [6.07, 6.45) is 2.57. The number of unbranched alkanes of at least 4 members (excludes halogenated alkanes) is 1. The molecule has 0 saturated carbocycles. The highest BCUT2D eigenvalue weighted by molar-refractivity contribution is 7.89. The van der Waals surface area contributed by atoms with Crippen molar-refractivity contribution in [3.63, 3.8) is 0 Å². The highest BCUT2D eigenvalue weighted by atomic mass is 32.2. The summed E-state index contributed by atoms with van der Waals surface area (Å²) < 4.78 is 37.8. The summed E-state index contributed by atoms with van der Waals surface area (Å²) in [4.78, 5) is 24.4. The summed E-state index contributed by atoms with van der Waals surface area (Å²) in [6, 6.07) is 11.4. The van der Waals surface area contributed by atoms with Crippen LogP contribution in [0.4, 0.5) is 0 Å². The normalized spacial score (nSPS) is 11.6. The second-order valence-electron chi connectivity index (χ2n) is 7.69. The Balaban J connectivity index is 1.68. The van der Waals surface area contributed by atoms with Gasteiger partial charge in [0.25, 0.3) is 0 Å². The Morgan fingerprint density at radius 1 is 1.09 bits per heavy atom. The second kappa shape index (κ2) is 10.1. The molecule has 2 aromatic carbocycles. The number of ether oxygens (including phenoxy) is 1. The number of rotatable bonds is 9. The van der Waals surface area contributed by atoms with E-state index < -0.39 is 21.6 Å². The first kappa shape index (κ1) is 23.7. The molecule has 32 heavy (non-hydrogen) atoms. The van der Waals surface area contributed by atoms with Gasteiger partial charge in [0.05, 0.1) is 11.3 Å². The molecule has 8 heteroatoms. The van der Waals surface area contributed by atoms with E-state index >= 15 is 0 Å². The number of fused-ring (bicyclic) bond motifs is 1. The maximum Gasteiger partial charge on any atom is 0.336 e. The van der Waals surface area contributed by atoms with E-state index in [1.165, 1.54) is 18.2 Å². The largest absolute Gasteiger partial charge is 0.426 e. The van der Waals surface area contributed by atoms with Crippen LogP contribution in [0.1, 0.15) is 42.9 Å². The second-order valence-corrected chi connectivity index (χ2v) is 9.46. The van der Waals surface area contributed by atoms with Gasteiger partial charge in [-0.15, -0.1) is 0 Å². The molecule has 0 radical (unpaired) electrons. The monoisotopic (exact) mass is 457 g/mol. The number of carbonyl (C=O) groups excluding carboxylic acids is 1. The number of hydrogen-bond acceptors (Lipinski definition) is 6. The van der Waals surface area contributed by atoms with Gasteiger partial charge in [-0.1, -0.05) is 31.0 Å². The van der Waals surface area contributed by atoms with E-state index in [1.807, 2.05) is 6.92 Å². The third kappa shape index (κ3) is 5.63. The smallest absolute Gasteiger partial charge is 0.336 e. The number of benzene rings is 2. The van der Waals surface area contributed by atoms with Gasteiger partial charge >= 0.3 is 11.6 Å². The lowest BCUT2D eigenvalue weighted by Crippen LogP contribution is -2.27. The topological polar surface area (TPSA) is 103 Å². The number of nitrogens with one attached hydrogen (secondary N) is 1. The van der Waals surface area contributed by atoms with Crippen LogP contribution >= 0.6 is 0 Å². The molecule has 0 atom stereocenters. The SMILES string of the molecule is CCCCc1cc(=O)oc2c(C)c(OC(=O)CCNS(=O)(=O)c3ccc(C)cc3)ccc12. The average Bonchev–Trinajstić information content (AvgIpc) is 2.74. The van der Waals surface area contributed by atoms with Crippen LogP contribution in [-0.2, 0) is 21.2 Å². The minimum absolute atomic E-state index is 0.0993. The van der Waals surface area contributed by atoms with Crippen LogP contribution < -0.4 is 15.1 Å². The van der Waals surface area contributed by atoms with Crippen LogP contribution in [0, 0.1) is 13.8 Å². The zero-order valence-corrected chi connectivity index (χ0v) is 19.3. The molecule has 0 bridgehead atoms. The van der Waals surface area contributed by atoms with Crippen LogP contribution in [0.25, 0.3) is 11.0 Å². The minimum atomic E-state index is -3.71. The summed E-state index contributed by atoms with van der Waals surface area (Å²) in [7, 11) is -3.71. The van der Waals surface area contributed by atoms with E-state index in [0.717, 1.165) is 35.8 Å². The molecule has 0 aliphatic heterocycles. The molecule has 1 aromatic heterocycles. The molecule has 0 fully saturated rings. The van der Waals surface area contributed by atoms with E-state index in [0.29, 0.717) is 11.1 Å². The van der Waals surface area contributed by atoms with Gasteiger partial charge in [-0.3, -0.25) is 4.79 Å². The first-order valence-corrected chi connectivity index (χ1v) is 12.0. The Labute approximate surface area is 187 Å². The van der Waals surface area contributed by atoms with E-state index in [2.05, 4.69) is 11.6 Å². The molecule has 3 rings (SSSR count). The van der Waals surface area contributed by atoms with Crippen molar-refractivity contribution in [2.24, 2.45) is 0 Å². The fourth-order valence-electron chi connectivity index (χ4n) is 3.35. The van der Waals surface area contributed by atoms with Crippen molar-refractivity contribution in [1.29, 1.82) is 0 Å². The van der Waals surface area contributed by atoms with Gasteiger partial charge in [0.15, 0.2) is 0 Å². The van der Waals surface area contributed by atoms with Crippen LogP contribution in [0.2, 0.25) is 0 Å². The molecule has 7 nitrogen and oxygen atoms in total. The van der Waals surface area contributed by atoms with Crippen LogP contribution in [0.15, 0.2) is 56.6 Å². The molecule has 170 valence electrons. The fourth-order valence-corrected chi connectivity index (χ4v) is 4.39. The highest BCUT2D eigenvalue weighted by Gasteiger charge is 2.17. The summed E-state index contributed by atoms with van der Waals surface area (Å²) >= 11 is 0. The summed E-state index contributed by atoms with van der Waals surface area (Å²) in [5.74, 6) is -0.316. The van der Waals surface area contributed by atoms with Crippen molar-refractivity contribution >= 4 is 27.0 Å². The number of hydrogen-bond donors (Lipinski definition) is 1. The van der Waals surface area contributed by atoms with Gasteiger partial charge in [0.2, 0.25) is 10.0 Å². The predicted molar refractivity (Wildman–Crippen MR) is 122 cm³/mol. The first-order valence-electron chi connectivity index (χ1n) is 10.5. The van der Waals surface area contributed by atoms with Gasteiger partial charge < -0.3 is 9.15 Å².